The summed E-state index contributed by atoms with van der Waals surface area (Å²) in [5.41, 5.74) is 0.795. The van der Waals surface area contributed by atoms with E-state index in [0.29, 0.717) is 4.90 Å². The number of rotatable bonds is 7. The number of nitrogens with one attached hydrogen (secondary N) is 1. The molecule has 0 unspecified atom stereocenters. The summed E-state index contributed by atoms with van der Waals surface area (Å²) in [4.78, 5) is 0.307. The van der Waals surface area contributed by atoms with Crippen LogP contribution in [0.1, 0.15) is 18.4 Å². The largest absolute Gasteiger partial charge is 0.316 e. The van der Waals surface area contributed by atoms with Crippen molar-refractivity contribution in [2.45, 2.75) is 24.7 Å². The first-order chi connectivity index (χ1) is 10.0. The highest BCUT2D eigenvalue weighted by Gasteiger charge is 2.11. The van der Waals surface area contributed by atoms with Gasteiger partial charge in [-0.2, -0.15) is 0 Å². The zero-order chi connectivity index (χ0) is 15.3. The maximum atomic E-state index is 11.6. The second-order valence-electron chi connectivity index (χ2n) is 4.80. The molecule has 0 fully saturated rings. The van der Waals surface area contributed by atoms with Crippen molar-refractivity contribution in [2.24, 2.45) is 0 Å². The van der Waals surface area contributed by atoms with Crippen LogP contribution in [0.25, 0.3) is 10.6 Å². The monoisotopic (exact) mass is 325 g/mol. The lowest BCUT2D eigenvalue weighted by Gasteiger charge is -2.00. The van der Waals surface area contributed by atoms with Gasteiger partial charge < -0.3 is 5.32 Å². The van der Waals surface area contributed by atoms with Crippen LogP contribution >= 0.6 is 11.3 Å². The molecule has 7 heteroatoms. The van der Waals surface area contributed by atoms with Gasteiger partial charge in [0, 0.05) is 24.8 Å². The van der Waals surface area contributed by atoms with Gasteiger partial charge in [0.2, 0.25) is 0 Å². The van der Waals surface area contributed by atoms with E-state index in [4.69, 9.17) is 0 Å². The van der Waals surface area contributed by atoms with E-state index in [-0.39, 0.29) is 0 Å². The van der Waals surface area contributed by atoms with E-state index in [1.54, 1.807) is 18.2 Å². The third-order valence-electron chi connectivity index (χ3n) is 2.92. The van der Waals surface area contributed by atoms with Gasteiger partial charge in [0.1, 0.15) is 10.0 Å². The zero-order valence-corrected chi connectivity index (χ0v) is 13.8. The fraction of sp³-hybridized carbons (Fsp3) is 0.429. The number of aromatic nitrogens is 2. The summed E-state index contributed by atoms with van der Waals surface area (Å²) < 4.78 is 23.2. The summed E-state index contributed by atoms with van der Waals surface area (Å²) in [6.07, 6.45) is 3.15. The molecule has 0 saturated carbocycles. The average Bonchev–Trinajstić information content (AvgIpc) is 2.92. The molecule has 0 amide bonds. The fourth-order valence-corrected chi connectivity index (χ4v) is 3.33. The molecule has 2 aromatic rings. The number of sulfone groups is 1. The minimum Gasteiger partial charge on any atom is -0.316 e. The Bertz CT molecular complexity index is 696. The minimum atomic E-state index is -3.20. The first-order valence-corrected chi connectivity index (χ1v) is 9.55. The van der Waals surface area contributed by atoms with Gasteiger partial charge in [-0.3, -0.25) is 0 Å². The highest BCUT2D eigenvalue weighted by Crippen LogP contribution is 2.25. The van der Waals surface area contributed by atoms with E-state index in [2.05, 4.69) is 22.4 Å². The van der Waals surface area contributed by atoms with E-state index in [0.717, 1.165) is 41.5 Å². The molecule has 1 heterocycles. The summed E-state index contributed by atoms with van der Waals surface area (Å²) >= 11 is 1.51. The average molecular weight is 325 g/mol. The Morgan fingerprint density at radius 3 is 2.76 bits per heavy atom. The molecule has 0 aliphatic heterocycles. The molecule has 0 atom stereocenters. The lowest BCUT2D eigenvalue weighted by molar-refractivity contribution is 0.602. The first-order valence-electron chi connectivity index (χ1n) is 6.84. The van der Waals surface area contributed by atoms with Crippen molar-refractivity contribution in [1.82, 2.24) is 15.5 Å². The Morgan fingerprint density at radius 1 is 1.24 bits per heavy atom. The molecule has 0 radical (unpaired) electrons. The third-order valence-corrected chi connectivity index (χ3v) is 5.06. The predicted molar refractivity (Wildman–Crippen MR) is 85.3 cm³/mol. The Balaban J connectivity index is 2.11. The lowest BCUT2D eigenvalue weighted by Crippen LogP contribution is -2.17. The summed E-state index contributed by atoms with van der Waals surface area (Å²) in [6.45, 7) is 4.01. The van der Waals surface area contributed by atoms with Gasteiger partial charge in [0.15, 0.2) is 9.84 Å². The second kappa shape index (κ2) is 7.11. The molecule has 0 aliphatic carbocycles. The molecule has 0 aliphatic rings. The maximum Gasteiger partial charge on any atom is 0.175 e. The summed E-state index contributed by atoms with van der Waals surface area (Å²) in [5, 5.41) is 13.3. The molecule has 0 saturated heterocycles. The van der Waals surface area contributed by atoms with Crippen molar-refractivity contribution in [2.75, 3.05) is 19.3 Å². The number of hydrogen-bond acceptors (Lipinski definition) is 6. The first kappa shape index (κ1) is 16.1. The molecule has 1 N–H and O–H groups in total. The van der Waals surface area contributed by atoms with Crippen molar-refractivity contribution < 1.29 is 8.42 Å². The lowest BCUT2D eigenvalue weighted by atomic mass is 10.2. The maximum absolute atomic E-state index is 11.6. The van der Waals surface area contributed by atoms with Crippen LogP contribution in [-0.4, -0.2) is 38.0 Å². The van der Waals surface area contributed by atoms with Crippen LogP contribution in [0, 0.1) is 0 Å². The topological polar surface area (TPSA) is 72.0 Å². The van der Waals surface area contributed by atoms with Gasteiger partial charge in [-0.15, -0.1) is 10.2 Å². The van der Waals surface area contributed by atoms with E-state index in [1.807, 2.05) is 6.07 Å². The van der Waals surface area contributed by atoms with Gasteiger partial charge in [-0.05, 0) is 25.1 Å². The van der Waals surface area contributed by atoms with Crippen LogP contribution in [0.3, 0.4) is 0 Å². The Morgan fingerprint density at radius 2 is 2.05 bits per heavy atom. The highest BCUT2D eigenvalue weighted by molar-refractivity contribution is 7.90. The molecular formula is C14H19N3O2S2. The summed E-state index contributed by atoms with van der Waals surface area (Å²) in [7, 11) is -3.20. The normalized spacial score (nSPS) is 11.7. The van der Waals surface area contributed by atoms with Crippen LogP contribution in [0.2, 0.25) is 0 Å². The minimum absolute atomic E-state index is 0.307. The van der Waals surface area contributed by atoms with Crippen LogP contribution in [0.4, 0.5) is 0 Å². The van der Waals surface area contributed by atoms with Gasteiger partial charge in [0.25, 0.3) is 0 Å². The van der Waals surface area contributed by atoms with Crippen molar-refractivity contribution in [3.05, 3.63) is 29.3 Å². The smallest absolute Gasteiger partial charge is 0.175 e. The van der Waals surface area contributed by atoms with Crippen LogP contribution in [0.15, 0.2) is 29.2 Å². The van der Waals surface area contributed by atoms with Gasteiger partial charge in [0.05, 0.1) is 4.90 Å². The van der Waals surface area contributed by atoms with E-state index < -0.39 is 9.84 Å². The summed E-state index contributed by atoms with van der Waals surface area (Å²) in [5.74, 6) is 0. The molecule has 5 nitrogen and oxygen atoms in total. The van der Waals surface area contributed by atoms with E-state index in [9.17, 15) is 8.42 Å². The molecule has 0 bridgehead atoms. The van der Waals surface area contributed by atoms with Crippen LogP contribution in [-0.2, 0) is 16.3 Å². The van der Waals surface area contributed by atoms with Crippen molar-refractivity contribution in [3.8, 4) is 10.6 Å². The molecular weight excluding hydrogens is 306 g/mol. The summed E-state index contributed by atoms with van der Waals surface area (Å²) in [6, 6.07) is 6.83. The second-order valence-corrected chi connectivity index (χ2v) is 7.88. The quantitative estimate of drug-likeness (QED) is 0.790. The number of nitrogens with zero attached hydrogens (tertiary/aromatic N) is 2. The standard InChI is InChI=1S/C14H19N3O2S2/c1-3-8-15-9-7-13-16-17-14(20-13)11-5-4-6-12(10-11)21(2,18)19/h4-6,10,15H,3,7-9H2,1-2H3. The predicted octanol–water partition coefficient (Wildman–Crippen LogP) is 2.15. The number of benzene rings is 1. The Labute approximate surface area is 129 Å². The molecule has 1 aromatic carbocycles. The number of hydrogen-bond donors (Lipinski definition) is 1. The highest BCUT2D eigenvalue weighted by atomic mass is 32.2. The molecule has 114 valence electrons. The molecule has 1 aromatic heterocycles. The van der Waals surface area contributed by atoms with Gasteiger partial charge in [-0.1, -0.05) is 30.4 Å². The van der Waals surface area contributed by atoms with E-state index >= 15 is 0 Å². The molecule has 2 rings (SSSR count). The van der Waals surface area contributed by atoms with Crippen molar-refractivity contribution >= 4 is 21.2 Å². The van der Waals surface area contributed by atoms with Crippen LogP contribution < -0.4 is 5.32 Å². The third kappa shape index (κ3) is 4.59. The van der Waals surface area contributed by atoms with E-state index in [1.165, 1.54) is 17.6 Å². The fourth-order valence-electron chi connectivity index (χ4n) is 1.83. The van der Waals surface area contributed by atoms with Crippen molar-refractivity contribution in [1.29, 1.82) is 0 Å². The van der Waals surface area contributed by atoms with Gasteiger partial charge >= 0.3 is 0 Å². The molecule has 0 spiro atoms. The Kier molecular flexibility index (Phi) is 5.44. The van der Waals surface area contributed by atoms with Gasteiger partial charge in [-0.25, -0.2) is 8.42 Å². The van der Waals surface area contributed by atoms with Crippen molar-refractivity contribution in [3.63, 3.8) is 0 Å². The molecule has 21 heavy (non-hydrogen) atoms. The Hall–Kier alpha value is -1.31. The zero-order valence-electron chi connectivity index (χ0n) is 12.2. The SMILES string of the molecule is CCCNCCc1nnc(-c2cccc(S(C)(=O)=O)c2)s1. The van der Waals surface area contributed by atoms with Crippen LogP contribution in [0.5, 0.6) is 0 Å².